The molecule has 0 N–H and O–H groups in total. The predicted octanol–water partition coefficient (Wildman–Crippen LogP) is 2.59. The van der Waals surface area contributed by atoms with Crippen molar-refractivity contribution in [2.75, 3.05) is 19.3 Å². The number of para-hydroxylation sites is 1. The van der Waals surface area contributed by atoms with Gasteiger partial charge < -0.3 is 9.64 Å². The minimum absolute atomic E-state index is 0.0453. The molecule has 0 saturated carbocycles. The topological polar surface area (TPSA) is 29.5 Å². The van der Waals surface area contributed by atoms with E-state index in [1.807, 2.05) is 36.3 Å². The lowest BCUT2D eigenvalue weighted by molar-refractivity contribution is -0.139. The van der Waals surface area contributed by atoms with Crippen molar-refractivity contribution in [3.05, 3.63) is 29.8 Å². The standard InChI is InChI=1S/C15H21NO2S/c1-4-12-7-5-6-8-14(12)18-13-9-16(10-13)15(17)11(2)19-3/h5-8,11,13H,4,9-10H2,1-3H3. The SMILES string of the molecule is CCc1ccccc1OC1CN(C(=O)C(C)SC)C1. The number of thioether (sulfide) groups is 1. The number of hydrogen-bond acceptors (Lipinski definition) is 3. The largest absolute Gasteiger partial charge is 0.486 e. The molecule has 1 aliphatic rings. The van der Waals surface area contributed by atoms with E-state index in [4.69, 9.17) is 4.74 Å². The van der Waals surface area contributed by atoms with Crippen molar-refractivity contribution in [1.29, 1.82) is 0 Å². The number of amides is 1. The first-order chi connectivity index (χ1) is 9.15. The van der Waals surface area contributed by atoms with Gasteiger partial charge in [-0.05, 0) is 31.2 Å². The van der Waals surface area contributed by atoms with Gasteiger partial charge in [0.15, 0.2) is 0 Å². The molecule has 1 aromatic carbocycles. The molecule has 0 aliphatic carbocycles. The van der Waals surface area contributed by atoms with Crippen molar-refractivity contribution in [1.82, 2.24) is 4.90 Å². The molecule has 3 nitrogen and oxygen atoms in total. The van der Waals surface area contributed by atoms with Crippen molar-refractivity contribution < 1.29 is 9.53 Å². The third kappa shape index (κ3) is 3.24. The molecule has 0 spiro atoms. The Hall–Kier alpha value is -1.16. The first-order valence-electron chi connectivity index (χ1n) is 6.71. The fraction of sp³-hybridized carbons (Fsp3) is 0.533. The molecule has 1 aromatic rings. The van der Waals surface area contributed by atoms with Crippen LogP contribution >= 0.6 is 11.8 Å². The van der Waals surface area contributed by atoms with Gasteiger partial charge in [0.2, 0.25) is 5.91 Å². The summed E-state index contributed by atoms with van der Waals surface area (Å²) >= 11 is 1.59. The van der Waals surface area contributed by atoms with Gasteiger partial charge in [0, 0.05) is 0 Å². The van der Waals surface area contributed by atoms with E-state index in [0.29, 0.717) is 13.1 Å². The zero-order valence-electron chi connectivity index (χ0n) is 11.8. The normalized spacial score (nSPS) is 16.9. The van der Waals surface area contributed by atoms with E-state index in [1.54, 1.807) is 11.8 Å². The number of carbonyl (C=O) groups excluding carboxylic acids is 1. The molecule has 19 heavy (non-hydrogen) atoms. The molecule has 1 fully saturated rings. The summed E-state index contributed by atoms with van der Waals surface area (Å²) in [7, 11) is 0. The number of aryl methyl sites for hydroxylation is 1. The highest BCUT2D eigenvalue weighted by molar-refractivity contribution is 7.99. The maximum Gasteiger partial charge on any atom is 0.235 e. The number of benzene rings is 1. The Balaban J connectivity index is 1.86. The Morgan fingerprint density at radius 3 is 2.79 bits per heavy atom. The summed E-state index contributed by atoms with van der Waals surface area (Å²) in [5, 5.41) is 0.0453. The van der Waals surface area contributed by atoms with E-state index in [-0.39, 0.29) is 17.3 Å². The van der Waals surface area contributed by atoms with Gasteiger partial charge in [0.25, 0.3) is 0 Å². The molecule has 0 radical (unpaired) electrons. The van der Waals surface area contributed by atoms with Crippen LogP contribution in [0.3, 0.4) is 0 Å². The molecular weight excluding hydrogens is 258 g/mol. The summed E-state index contributed by atoms with van der Waals surface area (Å²) in [4.78, 5) is 13.8. The van der Waals surface area contributed by atoms with E-state index in [0.717, 1.165) is 12.2 Å². The fourth-order valence-electron chi connectivity index (χ4n) is 2.14. The van der Waals surface area contributed by atoms with Crippen molar-refractivity contribution >= 4 is 17.7 Å². The summed E-state index contributed by atoms with van der Waals surface area (Å²) < 4.78 is 5.97. The summed E-state index contributed by atoms with van der Waals surface area (Å²) in [6.07, 6.45) is 3.08. The van der Waals surface area contributed by atoms with Gasteiger partial charge in [-0.2, -0.15) is 11.8 Å². The van der Waals surface area contributed by atoms with Crippen molar-refractivity contribution in [2.45, 2.75) is 31.6 Å². The molecule has 1 unspecified atom stereocenters. The second-order valence-electron chi connectivity index (χ2n) is 4.82. The van der Waals surface area contributed by atoms with E-state index in [1.165, 1.54) is 5.56 Å². The van der Waals surface area contributed by atoms with Crippen LogP contribution in [0.25, 0.3) is 0 Å². The summed E-state index contributed by atoms with van der Waals surface area (Å²) in [5.41, 5.74) is 1.23. The Kier molecular flexibility index (Phi) is 4.75. The van der Waals surface area contributed by atoms with Crippen LogP contribution in [0.15, 0.2) is 24.3 Å². The quantitative estimate of drug-likeness (QED) is 0.829. The highest BCUT2D eigenvalue weighted by Crippen LogP contribution is 2.24. The van der Waals surface area contributed by atoms with Crippen LogP contribution in [0.1, 0.15) is 19.4 Å². The molecule has 1 saturated heterocycles. The minimum atomic E-state index is 0.0453. The maximum absolute atomic E-state index is 11.9. The van der Waals surface area contributed by atoms with Crippen LogP contribution in [0.2, 0.25) is 0 Å². The average Bonchev–Trinajstić information content (AvgIpc) is 2.41. The second-order valence-corrected chi connectivity index (χ2v) is 6.00. The molecule has 104 valence electrons. The van der Waals surface area contributed by atoms with Crippen LogP contribution < -0.4 is 4.74 Å². The van der Waals surface area contributed by atoms with Gasteiger partial charge in [-0.3, -0.25) is 4.79 Å². The maximum atomic E-state index is 11.9. The lowest BCUT2D eigenvalue weighted by atomic mass is 10.1. The third-order valence-electron chi connectivity index (χ3n) is 3.51. The average molecular weight is 279 g/mol. The molecule has 2 rings (SSSR count). The number of carbonyl (C=O) groups is 1. The third-order valence-corrected chi connectivity index (χ3v) is 4.42. The number of rotatable bonds is 5. The minimum Gasteiger partial charge on any atom is -0.486 e. The Bertz CT molecular complexity index is 444. The Labute approximate surface area is 119 Å². The zero-order chi connectivity index (χ0) is 13.8. The van der Waals surface area contributed by atoms with Crippen LogP contribution in [0.4, 0.5) is 0 Å². The van der Waals surface area contributed by atoms with Crippen LogP contribution in [-0.2, 0) is 11.2 Å². The van der Waals surface area contributed by atoms with Crippen LogP contribution in [0, 0.1) is 0 Å². The fourth-order valence-corrected chi connectivity index (χ4v) is 2.49. The van der Waals surface area contributed by atoms with Crippen LogP contribution in [-0.4, -0.2) is 41.5 Å². The van der Waals surface area contributed by atoms with E-state index in [2.05, 4.69) is 13.0 Å². The lowest BCUT2D eigenvalue weighted by Crippen LogP contribution is -2.57. The summed E-state index contributed by atoms with van der Waals surface area (Å²) in [6, 6.07) is 8.12. The highest BCUT2D eigenvalue weighted by atomic mass is 32.2. The van der Waals surface area contributed by atoms with Crippen molar-refractivity contribution in [2.24, 2.45) is 0 Å². The monoisotopic (exact) mass is 279 g/mol. The van der Waals surface area contributed by atoms with Gasteiger partial charge in [-0.15, -0.1) is 0 Å². The van der Waals surface area contributed by atoms with Crippen molar-refractivity contribution in [3.63, 3.8) is 0 Å². The summed E-state index contributed by atoms with van der Waals surface area (Å²) in [6.45, 7) is 5.50. The molecule has 1 heterocycles. The highest BCUT2D eigenvalue weighted by Gasteiger charge is 2.34. The first kappa shape index (κ1) is 14.3. The second kappa shape index (κ2) is 6.33. The van der Waals surface area contributed by atoms with Crippen molar-refractivity contribution in [3.8, 4) is 5.75 Å². The Morgan fingerprint density at radius 1 is 1.47 bits per heavy atom. The van der Waals surface area contributed by atoms with Gasteiger partial charge in [-0.1, -0.05) is 25.1 Å². The smallest absolute Gasteiger partial charge is 0.235 e. The molecular formula is C15H21NO2S. The molecule has 1 atom stereocenters. The van der Waals surface area contributed by atoms with Gasteiger partial charge in [0.05, 0.1) is 18.3 Å². The summed E-state index contributed by atoms with van der Waals surface area (Å²) in [5.74, 6) is 1.18. The number of nitrogens with zero attached hydrogens (tertiary/aromatic N) is 1. The van der Waals surface area contributed by atoms with E-state index in [9.17, 15) is 4.79 Å². The molecule has 0 bridgehead atoms. The number of ether oxygens (including phenoxy) is 1. The first-order valence-corrected chi connectivity index (χ1v) is 8.00. The van der Waals surface area contributed by atoms with E-state index >= 15 is 0 Å². The number of likely N-dealkylation sites (tertiary alicyclic amines) is 1. The van der Waals surface area contributed by atoms with E-state index < -0.39 is 0 Å². The van der Waals surface area contributed by atoms with Gasteiger partial charge in [0.1, 0.15) is 11.9 Å². The zero-order valence-corrected chi connectivity index (χ0v) is 12.6. The molecule has 0 aromatic heterocycles. The molecule has 1 aliphatic heterocycles. The Morgan fingerprint density at radius 2 is 2.16 bits per heavy atom. The van der Waals surface area contributed by atoms with Crippen LogP contribution in [0.5, 0.6) is 5.75 Å². The molecule has 1 amide bonds. The number of hydrogen-bond donors (Lipinski definition) is 0. The lowest BCUT2D eigenvalue weighted by Gasteiger charge is -2.40. The van der Waals surface area contributed by atoms with Gasteiger partial charge >= 0.3 is 0 Å². The predicted molar refractivity (Wildman–Crippen MR) is 79.8 cm³/mol. The molecule has 4 heteroatoms. The van der Waals surface area contributed by atoms with Gasteiger partial charge in [-0.25, -0.2) is 0 Å².